The summed E-state index contributed by atoms with van der Waals surface area (Å²) in [7, 11) is 0. The summed E-state index contributed by atoms with van der Waals surface area (Å²) in [6.07, 6.45) is 8.97. The second-order valence-electron chi connectivity index (χ2n) is 6.07. The van der Waals surface area contributed by atoms with Crippen molar-refractivity contribution in [3.05, 3.63) is 24.4 Å². The van der Waals surface area contributed by atoms with Crippen LogP contribution in [-0.2, 0) is 19.5 Å². The fourth-order valence-electron chi connectivity index (χ4n) is 3.02. The van der Waals surface area contributed by atoms with Crippen LogP contribution in [0.5, 0.6) is 0 Å². The van der Waals surface area contributed by atoms with E-state index in [0.717, 1.165) is 57.2 Å². The van der Waals surface area contributed by atoms with E-state index in [2.05, 4.69) is 32.0 Å². The van der Waals surface area contributed by atoms with Gasteiger partial charge in [-0.2, -0.15) is 10.1 Å². The zero-order valence-electron chi connectivity index (χ0n) is 13.2. The normalized spacial score (nSPS) is 19.6. The first kappa shape index (κ1) is 15.1. The van der Waals surface area contributed by atoms with Gasteiger partial charge in [0.1, 0.15) is 12.7 Å². The molecule has 3 heterocycles. The number of unbranched alkanes of at least 4 members (excludes halogenated alkanes) is 1. The fraction of sp³-hybridized carbons (Fsp3) is 0.733. The van der Waals surface area contributed by atoms with Crippen molar-refractivity contribution in [2.75, 3.05) is 13.1 Å². The highest BCUT2D eigenvalue weighted by Crippen LogP contribution is 2.19. The number of rotatable bonds is 7. The number of nitrogens with zero attached hydrogens (tertiary/aromatic N) is 6. The summed E-state index contributed by atoms with van der Waals surface area (Å²) >= 11 is 0. The Bertz CT molecular complexity index is 552. The minimum Gasteiger partial charge on any atom is -0.339 e. The number of aromatic nitrogens is 5. The van der Waals surface area contributed by atoms with Crippen LogP contribution in [0.25, 0.3) is 0 Å². The maximum atomic E-state index is 5.31. The van der Waals surface area contributed by atoms with Crippen LogP contribution in [0.3, 0.4) is 0 Å². The smallest absolute Gasteiger partial charge is 0.226 e. The standard InChI is InChI=1S/C15H24N6O/c1-2-3-6-15-18-14(19-22-15)10-20-7-4-5-13(8-20)9-21-12-16-11-17-21/h11-13H,2-10H2,1H3/t13-/m1/s1. The SMILES string of the molecule is CCCCc1nc(CN2CCC[C@@H](Cn3cncn3)C2)no1. The highest BCUT2D eigenvalue weighted by Gasteiger charge is 2.22. The molecule has 1 atom stereocenters. The summed E-state index contributed by atoms with van der Waals surface area (Å²) in [6.45, 7) is 6.04. The third kappa shape index (κ3) is 4.13. The Morgan fingerprint density at radius 3 is 3.18 bits per heavy atom. The molecule has 0 bridgehead atoms. The molecule has 120 valence electrons. The summed E-state index contributed by atoms with van der Waals surface area (Å²) in [6, 6.07) is 0. The minimum atomic E-state index is 0.613. The number of likely N-dealkylation sites (tertiary alicyclic amines) is 1. The highest BCUT2D eigenvalue weighted by molar-refractivity contribution is 4.88. The lowest BCUT2D eigenvalue weighted by atomic mass is 9.98. The van der Waals surface area contributed by atoms with Gasteiger partial charge in [0, 0.05) is 19.5 Å². The van der Waals surface area contributed by atoms with Crippen molar-refractivity contribution in [2.45, 2.75) is 52.1 Å². The van der Waals surface area contributed by atoms with Crippen LogP contribution in [0.2, 0.25) is 0 Å². The van der Waals surface area contributed by atoms with E-state index in [1.165, 1.54) is 12.8 Å². The monoisotopic (exact) mass is 304 g/mol. The molecule has 2 aromatic heterocycles. The zero-order valence-corrected chi connectivity index (χ0v) is 13.2. The van der Waals surface area contributed by atoms with Crippen LogP contribution in [0.1, 0.15) is 44.3 Å². The van der Waals surface area contributed by atoms with Gasteiger partial charge in [-0.05, 0) is 31.7 Å². The average Bonchev–Trinajstić information content (AvgIpc) is 3.17. The molecule has 0 aliphatic carbocycles. The predicted molar refractivity (Wildman–Crippen MR) is 80.9 cm³/mol. The lowest BCUT2D eigenvalue weighted by Gasteiger charge is -2.31. The van der Waals surface area contributed by atoms with Gasteiger partial charge in [0.15, 0.2) is 5.82 Å². The number of aryl methyl sites for hydroxylation is 1. The third-order valence-corrected chi connectivity index (χ3v) is 4.13. The molecule has 1 aliphatic heterocycles. The number of hydrogen-bond donors (Lipinski definition) is 0. The molecule has 1 aliphatic rings. The van der Waals surface area contributed by atoms with E-state index in [4.69, 9.17) is 4.52 Å². The van der Waals surface area contributed by atoms with Crippen molar-refractivity contribution in [1.29, 1.82) is 0 Å². The fourth-order valence-corrected chi connectivity index (χ4v) is 3.02. The van der Waals surface area contributed by atoms with E-state index in [0.29, 0.717) is 5.92 Å². The lowest BCUT2D eigenvalue weighted by molar-refractivity contribution is 0.149. The molecule has 0 unspecified atom stereocenters. The van der Waals surface area contributed by atoms with E-state index in [1.54, 1.807) is 12.7 Å². The van der Waals surface area contributed by atoms with Crippen molar-refractivity contribution in [3.8, 4) is 0 Å². The minimum absolute atomic E-state index is 0.613. The van der Waals surface area contributed by atoms with Crippen molar-refractivity contribution < 1.29 is 4.52 Å². The molecule has 22 heavy (non-hydrogen) atoms. The van der Waals surface area contributed by atoms with E-state index in [9.17, 15) is 0 Å². The number of hydrogen-bond acceptors (Lipinski definition) is 6. The third-order valence-electron chi connectivity index (χ3n) is 4.13. The molecule has 0 amide bonds. The topological polar surface area (TPSA) is 72.9 Å². The molecule has 0 spiro atoms. The largest absolute Gasteiger partial charge is 0.339 e. The highest BCUT2D eigenvalue weighted by atomic mass is 16.5. The molecule has 0 N–H and O–H groups in total. The van der Waals surface area contributed by atoms with Crippen LogP contribution < -0.4 is 0 Å². The van der Waals surface area contributed by atoms with Crippen molar-refractivity contribution in [1.82, 2.24) is 29.8 Å². The first-order valence-electron chi connectivity index (χ1n) is 8.19. The molecule has 2 aromatic rings. The van der Waals surface area contributed by atoms with Gasteiger partial charge < -0.3 is 4.52 Å². The summed E-state index contributed by atoms with van der Waals surface area (Å²) in [5.41, 5.74) is 0. The molecular formula is C15H24N6O. The van der Waals surface area contributed by atoms with Crippen molar-refractivity contribution in [2.24, 2.45) is 5.92 Å². The van der Waals surface area contributed by atoms with Gasteiger partial charge in [-0.3, -0.25) is 9.58 Å². The Morgan fingerprint density at radius 2 is 2.36 bits per heavy atom. The molecule has 3 rings (SSSR count). The Morgan fingerprint density at radius 1 is 1.41 bits per heavy atom. The molecule has 7 heteroatoms. The van der Waals surface area contributed by atoms with Crippen LogP contribution in [0.4, 0.5) is 0 Å². The van der Waals surface area contributed by atoms with Gasteiger partial charge in [0.2, 0.25) is 5.89 Å². The van der Waals surface area contributed by atoms with Crippen LogP contribution in [-0.4, -0.2) is 42.9 Å². The molecule has 1 fully saturated rings. The second kappa shape index (κ2) is 7.49. The summed E-state index contributed by atoms with van der Waals surface area (Å²) in [4.78, 5) is 10.9. The first-order chi connectivity index (χ1) is 10.8. The van der Waals surface area contributed by atoms with Gasteiger partial charge >= 0.3 is 0 Å². The Hall–Kier alpha value is -1.76. The van der Waals surface area contributed by atoms with Crippen LogP contribution in [0, 0.1) is 5.92 Å². The van der Waals surface area contributed by atoms with E-state index >= 15 is 0 Å². The van der Waals surface area contributed by atoms with Gasteiger partial charge in [-0.15, -0.1) is 0 Å². The Balaban J connectivity index is 1.50. The Kier molecular flexibility index (Phi) is 5.15. The molecule has 0 radical (unpaired) electrons. The summed E-state index contributed by atoms with van der Waals surface area (Å²) in [5.74, 6) is 2.20. The summed E-state index contributed by atoms with van der Waals surface area (Å²) < 4.78 is 7.23. The molecular weight excluding hydrogens is 280 g/mol. The van der Waals surface area contributed by atoms with E-state index in [-0.39, 0.29) is 0 Å². The first-order valence-corrected chi connectivity index (χ1v) is 8.19. The Labute approximate surface area is 130 Å². The maximum absolute atomic E-state index is 5.31. The summed E-state index contributed by atoms with van der Waals surface area (Å²) in [5, 5.41) is 8.31. The predicted octanol–water partition coefficient (Wildman–Crippen LogP) is 1.92. The molecule has 0 saturated carbocycles. The lowest BCUT2D eigenvalue weighted by Crippen LogP contribution is -2.36. The average molecular weight is 304 g/mol. The van der Waals surface area contributed by atoms with Crippen molar-refractivity contribution in [3.63, 3.8) is 0 Å². The van der Waals surface area contributed by atoms with Gasteiger partial charge in [-0.25, -0.2) is 4.98 Å². The molecule has 0 aromatic carbocycles. The van der Waals surface area contributed by atoms with Crippen LogP contribution >= 0.6 is 0 Å². The van der Waals surface area contributed by atoms with Gasteiger partial charge in [0.05, 0.1) is 6.54 Å². The molecule has 1 saturated heterocycles. The zero-order chi connectivity index (χ0) is 15.2. The van der Waals surface area contributed by atoms with Gasteiger partial charge in [-0.1, -0.05) is 18.5 Å². The van der Waals surface area contributed by atoms with Crippen LogP contribution in [0.15, 0.2) is 17.2 Å². The quantitative estimate of drug-likeness (QED) is 0.778. The number of piperidine rings is 1. The van der Waals surface area contributed by atoms with E-state index < -0.39 is 0 Å². The maximum Gasteiger partial charge on any atom is 0.226 e. The second-order valence-corrected chi connectivity index (χ2v) is 6.07. The molecule has 7 nitrogen and oxygen atoms in total. The van der Waals surface area contributed by atoms with E-state index in [1.807, 2.05) is 4.68 Å². The van der Waals surface area contributed by atoms with Crippen molar-refractivity contribution >= 4 is 0 Å². The van der Waals surface area contributed by atoms with Gasteiger partial charge in [0.25, 0.3) is 0 Å².